The van der Waals surface area contributed by atoms with Crippen molar-refractivity contribution in [1.82, 2.24) is 4.90 Å². The average molecular weight is 305 g/mol. The molecular weight excluding hydrogens is 276 g/mol. The molecule has 118 valence electrons. The van der Waals surface area contributed by atoms with Crippen LogP contribution in [0.4, 0.5) is 0 Å². The van der Waals surface area contributed by atoms with E-state index >= 15 is 0 Å². The number of nitrogens with two attached hydrogens (primary N) is 1. The number of hydrogen-bond acceptors (Lipinski definition) is 3. The van der Waals surface area contributed by atoms with Crippen LogP contribution < -0.4 is 5.73 Å². The Morgan fingerprint density at radius 3 is 2.80 bits per heavy atom. The molecule has 0 bridgehead atoms. The lowest BCUT2D eigenvalue weighted by Crippen LogP contribution is -2.45. The normalized spacial score (nSPS) is 30.1. The second-order valence-electron chi connectivity index (χ2n) is 5.99. The molecule has 1 saturated heterocycles. The standard InChI is InChI=1S/C15H28N2O2.ClH/c1-2-19-11-12-5-4-8-17(10-12)15(18)14-7-3-6-13(14)9-16;/h12-14H,2-11,16H2,1H3;1H/t12?,13-,14-;/m1./s1. The molecule has 0 spiro atoms. The smallest absolute Gasteiger partial charge is 0.226 e. The summed E-state index contributed by atoms with van der Waals surface area (Å²) in [6.07, 6.45) is 5.63. The average Bonchev–Trinajstić information content (AvgIpc) is 2.93. The maximum atomic E-state index is 12.6. The van der Waals surface area contributed by atoms with Crippen molar-refractivity contribution < 1.29 is 9.53 Å². The zero-order valence-electron chi connectivity index (χ0n) is 12.6. The minimum atomic E-state index is 0. The first-order valence-electron chi connectivity index (χ1n) is 7.82. The molecule has 0 aromatic rings. The van der Waals surface area contributed by atoms with E-state index in [4.69, 9.17) is 10.5 Å². The molecule has 4 nitrogen and oxygen atoms in total. The van der Waals surface area contributed by atoms with Crippen LogP contribution in [0.5, 0.6) is 0 Å². The van der Waals surface area contributed by atoms with Crippen LogP contribution in [-0.4, -0.2) is 43.7 Å². The number of carbonyl (C=O) groups excluding carboxylic acids is 1. The van der Waals surface area contributed by atoms with Crippen LogP contribution in [0.25, 0.3) is 0 Å². The van der Waals surface area contributed by atoms with Crippen molar-refractivity contribution in [2.45, 2.75) is 39.0 Å². The van der Waals surface area contributed by atoms with Crippen LogP contribution in [0, 0.1) is 17.8 Å². The Hall–Kier alpha value is -0.320. The summed E-state index contributed by atoms with van der Waals surface area (Å²) in [5, 5.41) is 0. The van der Waals surface area contributed by atoms with Gasteiger partial charge >= 0.3 is 0 Å². The second-order valence-corrected chi connectivity index (χ2v) is 5.99. The molecule has 2 rings (SSSR count). The monoisotopic (exact) mass is 304 g/mol. The van der Waals surface area contributed by atoms with E-state index in [0.717, 1.165) is 52.0 Å². The molecule has 3 atom stereocenters. The fourth-order valence-corrected chi connectivity index (χ4v) is 3.56. The minimum Gasteiger partial charge on any atom is -0.381 e. The van der Waals surface area contributed by atoms with Gasteiger partial charge in [-0.3, -0.25) is 4.79 Å². The van der Waals surface area contributed by atoms with Crippen molar-refractivity contribution in [1.29, 1.82) is 0 Å². The predicted molar refractivity (Wildman–Crippen MR) is 82.9 cm³/mol. The summed E-state index contributed by atoms with van der Waals surface area (Å²) >= 11 is 0. The van der Waals surface area contributed by atoms with E-state index in [0.29, 0.717) is 24.3 Å². The number of halogens is 1. The summed E-state index contributed by atoms with van der Waals surface area (Å²) in [6.45, 7) is 6.05. The van der Waals surface area contributed by atoms with E-state index in [9.17, 15) is 4.79 Å². The van der Waals surface area contributed by atoms with Gasteiger partial charge in [-0.05, 0) is 51.0 Å². The van der Waals surface area contributed by atoms with Crippen molar-refractivity contribution >= 4 is 18.3 Å². The molecular formula is C15H29ClN2O2. The van der Waals surface area contributed by atoms with Gasteiger partial charge in [0.05, 0.1) is 6.61 Å². The number of rotatable bonds is 5. The predicted octanol–water partition coefficient (Wildman–Crippen LogP) is 2.06. The van der Waals surface area contributed by atoms with Gasteiger partial charge in [0, 0.05) is 25.6 Å². The Balaban J connectivity index is 0.00000200. The first-order chi connectivity index (χ1) is 9.26. The molecule has 1 saturated carbocycles. The summed E-state index contributed by atoms with van der Waals surface area (Å²) in [7, 11) is 0. The van der Waals surface area contributed by atoms with Crippen LogP contribution in [0.3, 0.4) is 0 Å². The molecule has 0 radical (unpaired) electrons. The molecule has 2 aliphatic rings. The first kappa shape index (κ1) is 17.7. The van der Waals surface area contributed by atoms with Crippen molar-refractivity contribution in [3.63, 3.8) is 0 Å². The molecule has 1 amide bonds. The highest BCUT2D eigenvalue weighted by atomic mass is 35.5. The molecule has 1 heterocycles. The Morgan fingerprint density at radius 2 is 2.10 bits per heavy atom. The third kappa shape index (κ3) is 4.34. The van der Waals surface area contributed by atoms with Crippen LogP contribution >= 0.6 is 12.4 Å². The van der Waals surface area contributed by atoms with E-state index < -0.39 is 0 Å². The fraction of sp³-hybridized carbons (Fsp3) is 0.933. The van der Waals surface area contributed by atoms with Crippen LogP contribution in [-0.2, 0) is 9.53 Å². The fourth-order valence-electron chi connectivity index (χ4n) is 3.56. The van der Waals surface area contributed by atoms with E-state index in [1.165, 1.54) is 6.42 Å². The minimum absolute atomic E-state index is 0. The number of piperidine rings is 1. The Kier molecular flexibility index (Phi) is 7.85. The van der Waals surface area contributed by atoms with Gasteiger partial charge in [-0.25, -0.2) is 0 Å². The van der Waals surface area contributed by atoms with E-state index in [2.05, 4.69) is 4.90 Å². The Labute approximate surface area is 128 Å². The van der Waals surface area contributed by atoms with E-state index in [-0.39, 0.29) is 18.3 Å². The van der Waals surface area contributed by atoms with Gasteiger partial charge in [0.1, 0.15) is 0 Å². The van der Waals surface area contributed by atoms with Crippen molar-refractivity contribution in [2.75, 3.05) is 32.8 Å². The van der Waals surface area contributed by atoms with Gasteiger partial charge < -0.3 is 15.4 Å². The van der Waals surface area contributed by atoms with Crippen LogP contribution in [0.1, 0.15) is 39.0 Å². The molecule has 0 aromatic heterocycles. The van der Waals surface area contributed by atoms with E-state index in [1.807, 2.05) is 6.92 Å². The summed E-state index contributed by atoms with van der Waals surface area (Å²) in [4.78, 5) is 14.7. The molecule has 20 heavy (non-hydrogen) atoms. The van der Waals surface area contributed by atoms with Gasteiger partial charge in [0.2, 0.25) is 5.91 Å². The maximum absolute atomic E-state index is 12.6. The third-order valence-electron chi connectivity index (χ3n) is 4.67. The largest absolute Gasteiger partial charge is 0.381 e. The second kappa shape index (κ2) is 8.85. The molecule has 1 aliphatic carbocycles. The number of nitrogens with zero attached hydrogens (tertiary/aromatic N) is 1. The van der Waals surface area contributed by atoms with Crippen molar-refractivity contribution in [3.8, 4) is 0 Å². The summed E-state index contributed by atoms with van der Waals surface area (Å²) in [5.41, 5.74) is 5.79. The van der Waals surface area contributed by atoms with Gasteiger partial charge in [0.15, 0.2) is 0 Å². The number of amides is 1. The van der Waals surface area contributed by atoms with Gasteiger partial charge in [0.25, 0.3) is 0 Å². The molecule has 1 aliphatic heterocycles. The Morgan fingerprint density at radius 1 is 1.30 bits per heavy atom. The van der Waals surface area contributed by atoms with Crippen LogP contribution in [0.15, 0.2) is 0 Å². The van der Waals surface area contributed by atoms with Gasteiger partial charge in [-0.1, -0.05) is 6.42 Å². The zero-order chi connectivity index (χ0) is 13.7. The van der Waals surface area contributed by atoms with Crippen molar-refractivity contribution in [3.05, 3.63) is 0 Å². The quantitative estimate of drug-likeness (QED) is 0.846. The van der Waals surface area contributed by atoms with E-state index in [1.54, 1.807) is 0 Å². The van der Waals surface area contributed by atoms with Gasteiger partial charge in [-0.15, -0.1) is 12.4 Å². The molecule has 0 aromatic carbocycles. The van der Waals surface area contributed by atoms with Crippen molar-refractivity contribution in [2.24, 2.45) is 23.5 Å². The summed E-state index contributed by atoms with van der Waals surface area (Å²) < 4.78 is 5.51. The number of carbonyl (C=O) groups is 1. The molecule has 2 N–H and O–H groups in total. The molecule has 2 fully saturated rings. The lowest BCUT2D eigenvalue weighted by Gasteiger charge is -2.35. The highest BCUT2D eigenvalue weighted by molar-refractivity contribution is 5.85. The SMILES string of the molecule is CCOCC1CCCN(C(=O)[C@@H]2CCC[C@@H]2CN)C1.Cl. The zero-order valence-corrected chi connectivity index (χ0v) is 13.4. The number of likely N-dealkylation sites (tertiary alicyclic amines) is 1. The molecule has 5 heteroatoms. The lowest BCUT2D eigenvalue weighted by atomic mass is 9.92. The molecule has 1 unspecified atom stereocenters. The topological polar surface area (TPSA) is 55.6 Å². The number of hydrogen-bond donors (Lipinski definition) is 1. The highest BCUT2D eigenvalue weighted by Crippen LogP contribution is 2.33. The van der Waals surface area contributed by atoms with Crippen LogP contribution in [0.2, 0.25) is 0 Å². The first-order valence-corrected chi connectivity index (χ1v) is 7.82. The number of ether oxygens (including phenoxy) is 1. The Bertz CT molecular complexity index is 302. The maximum Gasteiger partial charge on any atom is 0.226 e. The third-order valence-corrected chi connectivity index (χ3v) is 4.67. The summed E-state index contributed by atoms with van der Waals surface area (Å²) in [5.74, 6) is 1.49. The summed E-state index contributed by atoms with van der Waals surface area (Å²) in [6, 6.07) is 0. The highest BCUT2D eigenvalue weighted by Gasteiger charge is 2.36. The van der Waals surface area contributed by atoms with Gasteiger partial charge in [-0.2, -0.15) is 0 Å². The lowest BCUT2D eigenvalue weighted by molar-refractivity contribution is -0.138.